The van der Waals surface area contributed by atoms with Gasteiger partial charge in [-0.1, -0.05) is 20.8 Å². The number of carbonyl (C=O) groups excluding carboxylic acids is 1. The smallest absolute Gasteiger partial charge is 0.241 e. The lowest BCUT2D eigenvalue weighted by atomic mass is 9.87. The van der Waals surface area contributed by atoms with Crippen LogP contribution in [0.15, 0.2) is 18.2 Å². The summed E-state index contributed by atoms with van der Waals surface area (Å²) in [7, 11) is 0. The maximum atomic E-state index is 12.2. The molecular formula is C17H27N3O. The average molecular weight is 289 g/mol. The number of nitrogens with zero attached hydrogens (tertiary/aromatic N) is 1. The minimum atomic E-state index is -0.518. The molecule has 2 rings (SSSR count). The fourth-order valence-electron chi connectivity index (χ4n) is 2.56. The molecule has 1 aromatic carbocycles. The Morgan fingerprint density at radius 2 is 1.90 bits per heavy atom. The van der Waals surface area contributed by atoms with Crippen molar-refractivity contribution in [3.63, 3.8) is 0 Å². The summed E-state index contributed by atoms with van der Waals surface area (Å²) in [6.45, 7) is 10.2. The Kier molecular flexibility index (Phi) is 4.57. The summed E-state index contributed by atoms with van der Waals surface area (Å²) in [5, 5.41) is 2.95. The van der Waals surface area contributed by atoms with Crippen LogP contribution in [0.25, 0.3) is 0 Å². The molecule has 4 heteroatoms. The van der Waals surface area contributed by atoms with Crippen molar-refractivity contribution in [1.29, 1.82) is 0 Å². The predicted octanol–water partition coefficient (Wildman–Crippen LogP) is 2.91. The van der Waals surface area contributed by atoms with Gasteiger partial charge in [0.05, 0.1) is 6.04 Å². The lowest BCUT2D eigenvalue weighted by Crippen LogP contribution is -2.45. The third-order valence-corrected chi connectivity index (χ3v) is 4.15. The van der Waals surface area contributed by atoms with Crippen molar-refractivity contribution in [2.75, 3.05) is 23.3 Å². The summed E-state index contributed by atoms with van der Waals surface area (Å²) >= 11 is 0. The first-order valence-corrected chi connectivity index (χ1v) is 7.71. The highest BCUT2D eigenvalue weighted by Gasteiger charge is 2.27. The Balaban J connectivity index is 2.09. The molecule has 0 spiro atoms. The van der Waals surface area contributed by atoms with Crippen LogP contribution in [0.2, 0.25) is 0 Å². The second kappa shape index (κ2) is 6.06. The summed E-state index contributed by atoms with van der Waals surface area (Å²) in [5.41, 5.74) is 8.93. The molecule has 21 heavy (non-hydrogen) atoms. The number of rotatable bonds is 3. The lowest BCUT2D eigenvalue weighted by Gasteiger charge is -2.26. The maximum Gasteiger partial charge on any atom is 0.241 e. The van der Waals surface area contributed by atoms with E-state index in [1.165, 1.54) is 18.5 Å². The highest BCUT2D eigenvalue weighted by atomic mass is 16.2. The summed E-state index contributed by atoms with van der Waals surface area (Å²) in [5.74, 6) is -0.125. The number of hydrogen-bond acceptors (Lipinski definition) is 3. The molecule has 0 bridgehead atoms. The number of benzene rings is 1. The minimum absolute atomic E-state index is 0.125. The van der Waals surface area contributed by atoms with Gasteiger partial charge >= 0.3 is 0 Å². The van der Waals surface area contributed by atoms with E-state index in [4.69, 9.17) is 5.73 Å². The summed E-state index contributed by atoms with van der Waals surface area (Å²) in [6.07, 6.45) is 2.52. The Bertz CT molecular complexity index is 513. The summed E-state index contributed by atoms with van der Waals surface area (Å²) in [6, 6.07) is 5.69. The van der Waals surface area contributed by atoms with Gasteiger partial charge in [-0.25, -0.2) is 0 Å². The third kappa shape index (κ3) is 3.76. The Labute approximate surface area is 127 Å². The van der Waals surface area contributed by atoms with Crippen LogP contribution in [0.4, 0.5) is 11.4 Å². The van der Waals surface area contributed by atoms with Crippen LogP contribution >= 0.6 is 0 Å². The molecule has 1 saturated heterocycles. The van der Waals surface area contributed by atoms with Crippen molar-refractivity contribution in [2.24, 2.45) is 11.1 Å². The third-order valence-electron chi connectivity index (χ3n) is 4.15. The van der Waals surface area contributed by atoms with E-state index in [9.17, 15) is 4.79 Å². The van der Waals surface area contributed by atoms with Gasteiger partial charge < -0.3 is 16.0 Å². The molecule has 0 radical (unpaired) electrons. The minimum Gasteiger partial charge on any atom is -0.372 e. The molecule has 4 nitrogen and oxygen atoms in total. The number of nitrogens with two attached hydrogens (primary N) is 1. The average Bonchev–Trinajstić information content (AvgIpc) is 2.93. The second-order valence-corrected chi connectivity index (χ2v) is 7.03. The predicted molar refractivity (Wildman–Crippen MR) is 88.7 cm³/mol. The Morgan fingerprint density at radius 1 is 1.29 bits per heavy atom. The van der Waals surface area contributed by atoms with Gasteiger partial charge in [0, 0.05) is 24.5 Å². The quantitative estimate of drug-likeness (QED) is 0.899. The molecule has 1 atom stereocenters. The zero-order chi connectivity index (χ0) is 15.6. The zero-order valence-corrected chi connectivity index (χ0v) is 13.6. The molecule has 0 aromatic heterocycles. The Hall–Kier alpha value is -1.55. The lowest BCUT2D eigenvalue weighted by molar-refractivity contribution is -0.119. The molecule has 1 aliphatic rings. The molecule has 116 valence electrons. The first-order valence-electron chi connectivity index (χ1n) is 7.71. The van der Waals surface area contributed by atoms with Gasteiger partial charge in [-0.2, -0.15) is 0 Å². The van der Waals surface area contributed by atoms with Crippen molar-refractivity contribution in [1.82, 2.24) is 0 Å². The fraction of sp³-hybridized carbons (Fsp3) is 0.588. The molecule has 1 amide bonds. The van der Waals surface area contributed by atoms with Crippen LogP contribution in [-0.2, 0) is 4.79 Å². The normalized spacial score (nSPS) is 16.9. The van der Waals surface area contributed by atoms with E-state index in [0.29, 0.717) is 0 Å². The molecular weight excluding hydrogens is 262 g/mol. The van der Waals surface area contributed by atoms with E-state index in [1.54, 1.807) is 0 Å². The highest BCUT2D eigenvalue weighted by Crippen LogP contribution is 2.26. The zero-order valence-electron chi connectivity index (χ0n) is 13.6. The van der Waals surface area contributed by atoms with Crippen LogP contribution in [-0.4, -0.2) is 25.0 Å². The second-order valence-electron chi connectivity index (χ2n) is 7.03. The van der Waals surface area contributed by atoms with Crippen LogP contribution in [0.1, 0.15) is 39.2 Å². The van der Waals surface area contributed by atoms with Gasteiger partial charge in [0.15, 0.2) is 0 Å². The van der Waals surface area contributed by atoms with Gasteiger partial charge in [-0.3, -0.25) is 4.79 Å². The van der Waals surface area contributed by atoms with Crippen molar-refractivity contribution in [3.05, 3.63) is 23.8 Å². The van der Waals surface area contributed by atoms with E-state index in [2.05, 4.69) is 22.3 Å². The molecule has 0 aliphatic carbocycles. The van der Waals surface area contributed by atoms with Gasteiger partial charge in [-0.05, 0) is 48.9 Å². The summed E-state index contributed by atoms with van der Waals surface area (Å²) in [4.78, 5) is 14.6. The van der Waals surface area contributed by atoms with Crippen molar-refractivity contribution in [2.45, 2.75) is 46.6 Å². The molecule has 1 aliphatic heterocycles. The number of aryl methyl sites for hydroxylation is 1. The fourth-order valence-corrected chi connectivity index (χ4v) is 2.56. The van der Waals surface area contributed by atoms with Crippen LogP contribution in [0.5, 0.6) is 0 Å². The van der Waals surface area contributed by atoms with Crippen LogP contribution in [0, 0.1) is 12.3 Å². The van der Waals surface area contributed by atoms with E-state index in [0.717, 1.165) is 24.3 Å². The molecule has 3 N–H and O–H groups in total. The van der Waals surface area contributed by atoms with E-state index in [1.807, 2.05) is 33.8 Å². The topological polar surface area (TPSA) is 58.4 Å². The number of amides is 1. The monoisotopic (exact) mass is 289 g/mol. The van der Waals surface area contributed by atoms with E-state index < -0.39 is 6.04 Å². The van der Waals surface area contributed by atoms with Gasteiger partial charge in [0.1, 0.15) is 0 Å². The standard InChI is InChI=1S/C17H27N3O/c1-12-11-13(20-9-5-6-10-20)7-8-14(12)19-16(21)15(18)17(2,3)4/h7-8,11,15H,5-6,9-10,18H2,1-4H3,(H,19,21)/t15-/m0/s1. The molecule has 1 fully saturated rings. The van der Waals surface area contributed by atoms with Gasteiger partial charge in [0.25, 0.3) is 0 Å². The largest absolute Gasteiger partial charge is 0.372 e. The van der Waals surface area contributed by atoms with Crippen molar-refractivity contribution < 1.29 is 4.79 Å². The summed E-state index contributed by atoms with van der Waals surface area (Å²) < 4.78 is 0. The number of carbonyl (C=O) groups is 1. The number of nitrogens with one attached hydrogen (secondary N) is 1. The maximum absolute atomic E-state index is 12.2. The van der Waals surface area contributed by atoms with Gasteiger partial charge in [0.2, 0.25) is 5.91 Å². The van der Waals surface area contributed by atoms with E-state index >= 15 is 0 Å². The number of hydrogen-bond donors (Lipinski definition) is 2. The number of anilines is 2. The van der Waals surface area contributed by atoms with Gasteiger partial charge in [-0.15, -0.1) is 0 Å². The molecule has 0 saturated carbocycles. The van der Waals surface area contributed by atoms with Crippen LogP contribution < -0.4 is 16.0 Å². The van der Waals surface area contributed by atoms with Crippen LogP contribution in [0.3, 0.4) is 0 Å². The highest BCUT2D eigenvalue weighted by molar-refractivity contribution is 5.96. The molecule has 1 heterocycles. The SMILES string of the molecule is Cc1cc(N2CCCC2)ccc1NC(=O)[C@H](N)C(C)(C)C. The first-order chi connectivity index (χ1) is 9.79. The Morgan fingerprint density at radius 3 is 2.43 bits per heavy atom. The molecule has 0 unspecified atom stereocenters. The molecule has 1 aromatic rings. The van der Waals surface area contributed by atoms with Crippen molar-refractivity contribution in [3.8, 4) is 0 Å². The first kappa shape index (κ1) is 15.8. The van der Waals surface area contributed by atoms with E-state index in [-0.39, 0.29) is 11.3 Å². The van der Waals surface area contributed by atoms with Crippen molar-refractivity contribution >= 4 is 17.3 Å².